The summed E-state index contributed by atoms with van der Waals surface area (Å²) in [6.07, 6.45) is 0. The molecule has 0 fully saturated rings. The van der Waals surface area contributed by atoms with Crippen molar-refractivity contribution in [3.05, 3.63) is 188 Å². The Kier molecular flexibility index (Phi) is 6.87. The van der Waals surface area contributed by atoms with Crippen molar-refractivity contribution in [2.24, 2.45) is 0 Å². The molecule has 0 saturated carbocycles. The Hall–Kier alpha value is -6.31. The quantitative estimate of drug-likeness (QED) is 0.177. The summed E-state index contributed by atoms with van der Waals surface area (Å²) in [5.41, 5.74) is 11.2. The second-order valence-electron chi connectivity index (χ2n) is 12.4. The van der Waals surface area contributed by atoms with E-state index in [0.717, 1.165) is 33.6 Å². The smallest absolute Gasteiger partial charge is 0.0715 e. The van der Waals surface area contributed by atoms with Crippen LogP contribution in [0.25, 0.3) is 88.2 Å². The van der Waals surface area contributed by atoms with Crippen LogP contribution < -0.4 is 0 Å². The van der Waals surface area contributed by atoms with E-state index >= 15 is 0 Å². The Morgan fingerprint density at radius 2 is 0.750 bits per heavy atom. The normalized spacial score (nSPS) is 11.3. The summed E-state index contributed by atoms with van der Waals surface area (Å²) >= 11 is 0. The minimum Gasteiger partial charge on any atom is -0.248 e. The third-order valence-electron chi connectivity index (χ3n) is 9.39. The van der Waals surface area contributed by atoms with Gasteiger partial charge in [-0.25, -0.2) is 4.98 Å². The van der Waals surface area contributed by atoms with Crippen molar-refractivity contribution in [3.63, 3.8) is 0 Å². The SMILES string of the molecule is c1ccc(-c2cc(-c3cc(-c4ccc5ccccc5c4)cc(-c4cc5ccccc5c5ccccc45)c3)cc(-c3ccccc3)n2)cc1. The molecule has 0 N–H and O–H groups in total. The maximum absolute atomic E-state index is 5.17. The van der Waals surface area contributed by atoms with E-state index in [4.69, 9.17) is 4.98 Å². The first-order valence-corrected chi connectivity index (χ1v) is 16.5. The van der Waals surface area contributed by atoms with Gasteiger partial charge in [-0.05, 0) is 108 Å². The van der Waals surface area contributed by atoms with Crippen LogP contribution in [0.15, 0.2) is 188 Å². The molecule has 0 amide bonds. The molecule has 8 aromatic carbocycles. The number of pyridine rings is 1. The van der Waals surface area contributed by atoms with E-state index in [0.29, 0.717) is 0 Å². The molecule has 0 saturated heterocycles. The Morgan fingerprint density at radius 3 is 1.44 bits per heavy atom. The van der Waals surface area contributed by atoms with E-state index in [2.05, 4.69) is 188 Å². The molecule has 0 unspecified atom stereocenters. The molecule has 1 nitrogen and oxygen atoms in total. The molecule has 9 rings (SSSR count). The molecule has 0 atom stereocenters. The molecule has 1 heterocycles. The highest BCUT2D eigenvalue weighted by Crippen LogP contribution is 2.40. The highest BCUT2D eigenvalue weighted by Gasteiger charge is 2.15. The van der Waals surface area contributed by atoms with E-state index in [1.54, 1.807) is 0 Å². The fourth-order valence-corrected chi connectivity index (χ4v) is 6.99. The van der Waals surface area contributed by atoms with E-state index in [9.17, 15) is 0 Å². The van der Waals surface area contributed by atoms with Crippen molar-refractivity contribution in [1.29, 1.82) is 0 Å². The summed E-state index contributed by atoms with van der Waals surface area (Å²) in [5.74, 6) is 0. The second-order valence-corrected chi connectivity index (χ2v) is 12.4. The third-order valence-corrected chi connectivity index (χ3v) is 9.39. The fraction of sp³-hybridized carbons (Fsp3) is 0. The highest BCUT2D eigenvalue weighted by molar-refractivity contribution is 6.14. The van der Waals surface area contributed by atoms with Crippen LogP contribution in [0, 0.1) is 0 Å². The van der Waals surface area contributed by atoms with Gasteiger partial charge in [0.25, 0.3) is 0 Å². The number of hydrogen-bond acceptors (Lipinski definition) is 1. The lowest BCUT2D eigenvalue weighted by Crippen LogP contribution is -1.93. The van der Waals surface area contributed by atoms with Crippen LogP contribution in [0.5, 0.6) is 0 Å². The van der Waals surface area contributed by atoms with Gasteiger partial charge in [-0.2, -0.15) is 0 Å². The van der Waals surface area contributed by atoms with E-state index in [1.807, 2.05) is 0 Å². The summed E-state index contributed by atoms with van der Waals surface area (Å²) in [4.78, 5) is 5.17. The van der Waals surface area contributed by atoms with E-state index in [1.165, 1.54) is 54.6 Å². The number of fused-ring (bicyclic) bond motifs is 4. The zero-order valence-corrected chi connectivity index (χ0v) is 26.3. The first kappa shape index (κ1) is 28.0. The number of hydrogen-bond donors (Lipinski definition) is 0. The fourth-order valence-electron chi connectivity index (χ4n) is 6.99. The van der Waals surface area contributed by atoms with Crippen molar-refractivity contribution in [2.45, 2.75) is 0 Å². The topological polar surface area (TPSA) is 12.9 Å². The zero-order valence-electron chi connectivity index (χ0n) is 26.3. The predicted octanol–water partition coefficient (Wildman–Crippen LogP) is 12.9. The summed E-state index contributed by atoms with van der Waals surface area (Å²) in [6, 6.07) is 67.8. The molecular formula is C47H31N. The van der Waals surface area contributed by atoms with Gasteiger partial charge in [0.2, 0.25) is 0 Å². The summed E-state index contributed by atoms with van der Waals surface area (Å²) in [7, 11) is 0. The number of rotatable bonds is 5. The van der Waals surface area contributed by atoms with Gasteiger partial charge in [0, 0.05) is 11.1 Å². The van der Waals surface area contributed by atoms with Crippen LogP contribution in [0.2, 0.25) is 0 Å². The summed E-state index contributed by atoms with van der Waals surface area (Å²) in [6.45, 7) is 0. The highest BCUT2D eigenvalue weighted by atomic mass is 14.7. The van der Waals surface area contributed by atoms with Crippen molar-refractivity contribution in [2.75, 3.05) is 0 Å². The van der Waals surface area contributed by atoms with Crippen molar-refractivity contribution < 1.29 is 0 Å². The minimum atomic E-state index is 0.959. The Morgan fingerprint density at radius 1 is 0.250 bits per heavy atom. The first-order chi connectivity index (χ1) is 23.8. The van der Waals surface area contributed by atoms with Gasteiger partial charge in [0.05, 0.1) is 11.4 Å². The molecule has 0 aliphatic carbocycles. The Bertz CT molecular complexity index is 2540. The number of nitrogens with zero attached hydrogens (tertiary/aromatic N) is 1. The zero-order chi connectivity index (χ0) is 31.9. The Balaban J connectivity index is 1.33. The Labute approximate surface area is 280 Å². The lowest BCUT2D eigenvalue weighted by Gasteiger charge is -2.16. The van der Waals surface area contributed by atoms with E-state index in [-0.39, 0.29) is 0 Å². The molecule has 0 radical (unpaired) electrons. The van der Waals surface area contributed by atoms with Gasteiger partial charge in [-0.3, -0.25) is 0 Å². The molecule has 1 heteroatoms. The summed E-state index contributed by atoms with van der Waals surface area (Å²) in [5, 5.41) is 7.52. The standard InChI is InChI=1S/C47H31N/c1-3-14-33(15-4-1)46-30-40(31-47(48-46)34-16-5-2-6-17-34)39-26-38(36-24-23-32-13-7-8-18-35(32)25-36)27-41(28-39)45-29-37-19-9-10-20-42(37)43-21-11-12-22-44(43)45/h1-31H. The molecule has 9 aromatic rings. The molecule has 48 heavy (non-hydrogen) atoms. The third kappa shape index (κ3) is 5.12. The van der Waals surface area contributed by atoms with Crippen LogP contribution in [0.4, 0.5) is 0 Å². The molecule has 0 aliphatic heterocycles. The van der Waals surface area contributed by atoms with Crippen LogP contribution in [-0.4, -0.2) is 4.98 Å². The maximum Gasteiger partial charge on any atom is 0.0715 e. The largest absolute Gasteiger partial charge is 0.248 e. The van der Waals surface area contributed by atoms with Gasteiger partial charge >= 0.3 is 0 Å². The van der Waals surface area contributed by atoms with Crippen molar-refractivity contribution in [3.8, 4) is 55.9 Å². The first-order valence-electron chi connectivity index (χ1n) is 16.5. The predicted molar refractivity (Wildman–Crippen MR) is 204 cm³/mol. The minimum absolute atomic E-state index is 0.959. The summed E-state index contributed by atoms with van der Waals surface area (Å²) < 4.78 is 0. The van der Waals surface area contributed by atoms with Gasteiger partial charge in [-0.1, -0.05) is 146 Å². The molecule has 0 spiro atoms. The number of aromatic nitrogens is 1. The molecule has 1 aromatic heterocycles. The maximum atomic E-state index is 5.17. The average Bonchev–Trinajstić information content (AvgIpc) is 3.17. The van der Waals surface area contributed by atoms with Crippen LogP contribution >= 0.6 is 0 Å². The lowest BCUT2D eigenvalue weighted by atomic mass is 9.88. The lowest BCUT2D eigenvalue weighted by molar-refractivity contribution is 1.32. The second kappa shape index (κ2) is 11.8. The monoisotopic (exact) mass is 609 g/mol. The van der Waals surface area contributed by atoms with Crippen LogP contribution in [0.3, 0.4) is 0 Å². The molecule has 224 valence electrons. The molecule has 0 aliphatic rings. The van der Waals surface area contributed by atoms with E-state index < -0.39 is 0 Å². The molecular weight excluding hydrogens is 579 g/mol. The van der Waals surface area contributed by atoms with Crippen LogP contribution in [-0.2, 0) is 0 Å². The average molecular weight is 610 g/mol. The van der Waals surface area contributed by atoms with Gasteiger partial charge in [-0.15, -0.1) is 0 Å². The van der Waals surface area contributed by atoms with Crippen molar-refractivity contribution in [1.82, 2.24) is 4.98 Å². The van der Waals surface area contributed by atoms with Gasteiger partial charge in [0.15, 0.2) is 0 Å². The van der Waals surface area contributed by atoms with Crippen molar-refractivity contribution >= 4 is 32.3 Å². The van der Waals surface area contributed by atoms with Crippen LogP contribution in [0.1, 0.15) is 0 Å². The van der Waals surface area contributed by atoms with Gasteiger partial charge in [0.1, 0.15) is 0 Å². The molecule has 0 bridgehead atoms. The van der Waals surface area contributed by atoms with Gasteiger partial charge < -0.3 is 0 Å². The number of benzene rings is 8.